The summed E-state index contributed by atoms with van der Waals surface area (Å²) in [5.74, 6) is 1.39. The smallest absolute Gasteiger partial charge is 0.238 e. The highest BCUT2D eigenvalue weighted by molar-refractivity contribution is 8.00. The quantitative estimate of drug-likeness (QED) is 0.358. The van der Waals surface area contributed by atoms with E-state index in [0.717, 1.165) is 55.1 Å². The van der Waals surface area contributed by atoms with Crippen molar-refractivity contribution in [2.24, 2.45) is 0 Å². The molecule has 2 aliphatic carbocycles. The lowest BCUT2D eigenvalue weighted by molar-refractivity contribution is -0.115. The highest BCUT2D eigenvalue weighted by Gasteiger charge is 2.31. The SMILES string of the molecule is C[C@@H](Sc1nnc(C2CC2)n1Cc1ccccc1)C(=O)Nc1sc2c(c1C#N)CCCCC2. The summed E-state index contributed by atoms with van der Waals surface area (Å²) < 4.78 is 2.16. The molecule has 0 radical (unpaired) electrons. The molecule has 1 fully saturated rings. The van der Waals surface area contributed by atoms with E-state index >= 15 is 0 Å². The minimum absolute atomic E-state index is 0.102. The highest BCUT2D eigenvalue weighted by Crippen LogP contribution is 2.41. The topological polar surface area (TPSA) is 83.6 Å². The van der Waals surface area contributed by atoms with E-state index in [2.05, 4.69) is 38.3 Å². The molecular weight excluding hydrogens is 450 g/mol. The van der Waals surface area contributed by atoms with Crippen LogP contribution in [0, 0.1) is 11.3 Å². The second kappa shape index (κ2) is 9.70. The van der Waals surface area contributed by atoms with Crippen LogP contribution < -0.4 is 5.32 Å². The predicted molar refractivity (Wildman–Crippen MR) is 132 cm³/mol. The molecule has 33 heavy (non-hydrogen) atoms. The summed E-state index contributed by atoms with van der Waals surface area (Å²) in [6, 6.07) is 12.6. The Morgan fingerprint density at radius 1 is 1.24 bits per heavy atom. The van der Waals surface area contributed by atoms with Gasteiger partial charge in [0.25, 0.3) is 0 Å². The van der Waals surface area contributed by atoms with E-state index in [1.807, 2.05) is 25.1 Å². The largest absolute Gasteiger partial charge is 0.316 e. The van der Waals surface area contributed by atoms with Gasteiger partial charge in [-0.3, -0.25) is 4.79 Å². The first-order valence-electron chi connectivity index (χ1n) is 11.6. The summed E-state index contributed by atoms with van der Waals surface area (Å²) in [6.45, 7) is 2.59. The predicted octanol–water partition coefficient (Wildman–Crippen LogP) is 5.53. The number of nitriles is 1. The monoisotopic (exact) mass is 477 g/mol. The number of anilines is 1. The van der Waals surface area contributed by atoms with Gasteiger partial charge in [0, 0.05) is 10.8 Å². The molecule has 1 amide bonds. The number of nitrogens with zero attached hydrogens (tertiary/aromatic N) is 4. The third kappa shape index (κ3) is 4.85. The zero-order valence-corrected chi connectivity index (χ0v) is 20.3. The van der Waals surface area contributed by atoms with Crippen LogP contribution in [-0.4, -0.2) is 25.9 Å². The van der Waals surface area contributed by atoms with Crippen molar-refractivity contribution < 1.29 is 4.79 Å². The van der Waals surface area contributed by atoms with Gasteiger partial charge in [0.15, 0.2) is 5.16 Å². The Kier molecular flexibility index (Phi) is 6.52. The first-order chi connectivity index (χ1) is 16.1. The molecule has 8 heteroatoms. The van der Waals surface area contributed by atoms with E-state index in [1.165, 1.54) is 28.6 Å². The van der Waals surface area contributed by atoms with Gasteiger partial charge in [-0.25, -0.2) is 0 Å². The second-order valence-electron chi connectivity index (χ2n) is 8.82. The lowest BCUT2D eigenvalue weighted by Gasteiger charge is -2.13. The number of carbonyl (C=O) groups excluding carboxylic acids is 1. The molecule has 5 rings (SSSR count). The molecule has 0 bridgehead atoms. The molecule has 1 N–H and O–H groups in total. The molecule has 0 spiro atoms. The molecule has 0 unspecified atom stereocenters. The van der Waals surface area contributed by atoms with Gasteiger partial charge in [0.2, 0.25) is 5.91 Å². The number of hydrogen-bond acceptors (Lipinski definition) is 6. The number of thioether (sulfide) groups is 1. The molecule has 1 atom stereocenters. The van der Waals surface area contributed by atoms with Crippen molar-refractivity contribution in [2.45, 2.75) is 74.7 Å². The van der Waals surface area contributed by atoms with Crippen LogP contribution in [-0.2, 0) is 24.2 Å². The first kappa shape index (κ1) is 22.2. The van der Waals surface area contributed by atoms with Gasteiger partial charge in [0.1, 0.15) is 16.9 Å². The zero-order valence-electron chi connectivity index (χ0n) is 18.7. The van der Waals surface area contributed by atoms with Crippen molar-refractivity contribution in [3.8, 4) is 6.07 Å². The number of nitrogens with one attached hydrogen (secondary N) is 1. The molecule has 2 aliphatic rings. The molecule has 1 aromatic carbocycles. The molecule has 2 aromatic heterocycles. The van der Waals surface area contributed by atoms with Gasteiger partial charge >= 0.3 is 0 Å². The van der Waals surface area contributed by atoms with Gasteiger partial charge in [-0.15, -0.1) is 21.5 Å². The van der Waals surface area contributed by atoms with E-state index in [-0.39, 0.29) is 11.2 Å². The van der Waals surface area contributed by atoms with Crippen LogP contribution in [0.4, 0.5) is 5.00 Å². The second-order valence-corrected chi connectivity index (χ2v) is 11.2. The fourth-order valence-corrected chi connectivity index (χ4v) is 6.42. The van der Waals surface area contributed by atoms with Crippen molar-refractivity contribution in [1.82, 2.24) is 14.8 Å². The number of aromatic nitrogens is 3. The molecule has 170 valence electrons. The Hall–Kier alpha value is -2.63. The van der Waals surface area contributed by atoms with Gasteiger partial charge in [-0.05, 0) is 56.6 Å². The number of thiophene rings is 1. The van der Waals surface area contributed by atoms with Crippen molar-refractivity contribution >= 4 is 34.0 Å². The third-order valence-electron chi connectivity index (χ3n) is 6.29. The maximum absolute atomic E-state index is 13.1. The average molecular weight is 478 g/mol. The van der Waals surface area contributed by atoms with E-state index in [1.54, 1.807) is 11.3 Å². The van der Waals surface area contributed by atoms with Gasteiger partial charge in [-0.1, -0.05) is 48.5 Å². The van der Waals surface area contributed by atoms with Crippen LogP contribution in [0.2, 0.25) is 0 Å². The summed E-state index contributed by atoms with van der Waals surface area (Å²) in [4.78, 5) is 14.4. The van der Waals surface area contributed by atoms with E-state index in [4.69, 9.17) is 0 Å². The van der Waals surface area contributed by atoms with Crippen molar-refractivity contribution in [3.05, 3.63) is 57.7 Å². The number of hydrogen-bond donors (Lipinski definition) is 1. The number of amides is 1. The molecule has 2 heterocycles. The molecule has 1 saturated carbocycles. The number of carbonyl (C=O) groups is 1. The van der Waals surface area contributed by atoms with Gasteiger partial charge in [0.05, 0.1) is 17.4 Å². The normalized spacial score (nSPS) is 16.5. The van der Waals surface area contributed by atoms with Crippen LogP contribution in [0.15, 0.2) is 35.5 Å². The van der Waals surface area contributed by atoms with Crippen molar-refractivity contribution in [2.75, 3.05) is 5.32 Å². The Labute approximate surface area is 202 Å². The fraction of sp³-hybridized carbons (Fsp3) is 0.440. The first-order valence-corrected chi connectivity index (χ1v) is 13.3. The molecule has 0 aliphatic heterocycles. The molecule has 0 saturated heterocycles. The van der Waals surface area contributed by atoms with E-state index < -0.39 is 0 Å². The summed E-state index contributed by atoms with van der Waals surface area (Å²) >= 11 is 3.01. The number of fused-ring (bicyclic) bond motifs is 1. The van der Waals surface area contributed by atoms with Crippen LogP contribution in [0.5, 0.6) is 0 Å². The van der Waals surface area contributed by atoms with E-state index in [9.17, 15) is 10.1 Å². The maximum Gasteiger partial charge on any atom is 0.238 e. The Morgan fingerprint density at radius 3 is 2.79 bits per heavy atom. The van der Waals surface area contributed by atoms with Crippen molar-refractivity contribution in [3.63, 3.8) is 0 Å². The minimum Gasteiger partial charge on any atom is -0.316 e. The molecular formula is C25H27N5OS2. The maximum atomic E-state index is 13.1. The standard InChI is InChI=1S/C25H27N5OS2/c1-16(23(31)27-24-20(14-26)19-10-6-3-7-11-21(19)33-24)32-25-29-28-22(18-12-13-18)30(25)15-17-8-4-2-5-9-17/h2,4-5,8-9,16,18H,3,6-7,10-13,15H2,1H3,(H,27,31)/t16-/m1/s1. The zero-order chi connectivity index (χ0) is 22.8. The Balaban J connectivity index is 1.33. The van der Waals surface area contributed by atoms with Crippen LogP contribution in [0.25, 0.3) is 0 Å². The van der Waals surface area contributed by atoms with Crippen molar-refractivity contribution in [1.29, 1.82) is 5.26 Å². The summed E-state index contributed by atoms with van der Waals surface area (Å²) in [5, 5.41) is 22.8. The van der Waals surface area contributed by atoms with E-state index in [0.29, 0.717) is 23.0 Å². The third-order valence-corrected chi connectivity index (χ3v) is 8.58. The summed E-state index contributed by atoms with van der Waals surface area (Å²) in [7, 11) is 0. The average Bonchev–Trinajstić information content (AvgIpc) is 3.57. The summed E-state index contributed by atoms with van der Waals surface area (Å²) in [5.41, 5.74) is 3.00. The number of aryl methyl sites for hydroxylation is 1. The fourth-order valence-electron chi connectivity index (χ4n) is 4.32. The van der Waals surface area contributed by atoms with Crippen LogP contribution >= 0.6 is 23.1 Å². The lowest BCUT2D eigenvalue weighted by atomic mass is 10.1. The number of rotatable bonds is 7. The van der Waals surface area contributed by atoms with Crippen LogP contribution in [0.3, 0.4) is 0 Å². The molecule has 6 nitrogen and oxygen atoms in total. The Bertz CT molecular complexity index is 1190. The van der Waals surface area contributed by atoms with Gasteiger partial charge < -0.3 is 9.88 Å². The van der Waals surface area contributed by atoms with Gasteiger partial charge in [-0.2, -0.15) is 5.26 Å². The Morgan fingerprint density at radius 2 is 2.03 bits per heavy atom. The lowest BCUT2D eigenvalue weighted by Crippen LogP contribution is -2.23. The number of benzene rings is 1. The highest BCUT2D eigenvalue weighted by atomic mass is 32.2. The van der Waals surface area contributed by atoms with Crippen LogP contribution in [0.1, 0.15) is 72.3 Å². The minimum atomic E-state index is -0.357. The summed E-state index contributed by atoms with van der Waals surface area (Å²) in [6.07, 6.45) is 7.69. The molecule has 3 aromatic rings.